The van der Waals surface area contributed by atoms with Gasteiger partial charge in [-0.3, -0.25) is 19.8 Å². The number of fused-ring (bicyclic) bond motifs is 1. The van der Waals surface area contributed by atoms with Gasteiger partial charge in [0.25, 0.3) is 0 Å². The van der Waals surface area contributed by atoms with Crippen LogP contribution >= 0.6 is 0 Å². The van der Waals surface area contributed by atoms with Gasteiger partial charge in [-0.05, 0) is 29.8 Å². The highest BCUT2D eigenvalue weighted by molar-refractivity contribution is 6.09. The minimum absolute atomic E-state index is 0.0835. The molecule has 4 rings (SSSR count). The summed E-state index contributed by atoms with van der Waals surface area (Å²) >= 11 is 0. The van der Waals surface area contributed by atoms with Gasteiger partial charge in [0.2, 0.25) is 5.91 Å². The number of anilines is 1. The van der Waals surface area contributed by atoms with Crippen LogP contribution in [0.4, 0.5) is 10.5 Å². The van der Waals surface area contributed by atoms with Crippen molar-refractivity contribution in [2.24, 2.45) is 0 Å². The van der Waals surface area contributed by atoms with E-state index in [1.54, 1.807) is 42.5 Å². The van der Waals surface area contributed by atoms with Crippen molar-refractivity contribution in [2.45, 2.75) is 12.8 Å². The molecule has 0 aliphatic carbocycles. The summed E-state index contributed by atoms with van der Waals surface area (Å²) < 4.78 is 10.8. The molecule has 1 saturated heterocycles. The molecular weight excluding hydrogens is 348 g/mol. The summed E-state index contributed by atoms with van der Waals surface area (Å²) in [6.45, 7) is 0.277. The van der Waals surface area contributed by atoms with E-state index in [4.69, 9.17) is 9.15 Å². The number of hydrogen-bond acceptors (Lipinski definition) is 5. The highest BCUT2D eigenvalue weighted by Crippen LogP contribution is 2.31. The van der Waals surface area contributed by atoms with Crippen LogP contribution in [0.3, 0.4) is 0 Å². The summed E-state index contributed by atoms with van der Waals surface area (Å²) in [4.78, 5) is 37.1. The van der Waals surface area contributed by atoms with Crippen molar-refractivity contribution in [2.75, 3.05) is 11.4 Å². The van der Waals surface area contributed by atoms with Crippen LogP contribution < -0.4 is 15.0 Å². The van der Waals surface area contributed by atoms with Crippen LogP contribution in [-0.4, -0.2) is 24.5 Å². The van der Waals surface area contributed by atoms with Gasteiger partial charge < -0.3 is 9.15 Å². The van der Waals surface area contributed by atoms with Gasteiger partial charge in [-0.25, -0.2) is 4.79 Å². The van der Waals surface area contributed by atoms with Crippen LogP contribution in [0.5, 0.6) is 5.75 Å². The number of amides is 3. The first kappa shape index (κ1) is 16.8. The number of rotatable bonds is 4. The molecule has 0 saturated carbocycles. The number of urea groups is 1. The third-order valence-corrected chi connectivity index (χ3v) is 4.29. The lowest BCUT2D eigenvalue weighted by atomic mass is 10.1. The van der Waals surface area contributed by atoms with E-state index in [9.17, 15) is 14.4 Å². The Balaban J connectivity index is 1.56. The predicted molar refractivity (Wildman–Crippen MR) is 97.5 cm³/mol. The van der Waals surface area contributed by atoms with Gasteiger partial charge in [-0.1, -0.05) is 24.3 Å². The first-order valence-electron chi connectivity index (χ1n) is 8.47. The third kappa shape index (κ3) is 3.52. The number of hydrogen-bond donors (Lipinski definition) is 1. The summed E-state index contributed by atoms with van der Waals surface area (Å²) in [7, 11) is 0. The molecule has 2 aromatic carbocycles. The molecule has 7 nitrogen and oxygen atoms in total. The summed E-state index contributed by atoms with van der Waals surface area (Å²) in [5.74, 6) is -0.192. The van der Waals surface area contributed by atoms with E-state index in [-0.39, 0.29) is 31.3 Å². The molecule has 1 fully saturated rings. The average molecular weight is 364 g/mol. The maximum Gasteiger partial charge on any atom is 0.328 e. The van der Waals surface area contributed by atoms with E-state index < -0.39 is 6.03 Å². The van der Waals surface area contributed by atoms with Crippen LogP contribution in [0.15, 0.2) is 59.2 Å². The molecule has 0 atom stereocenters. The highest BCUT2D eigenvalue weighted by Gasteiger charge is 2.27. The molecule has 1 aliphatic rings. The number of ether oxygens (including phenoxy) is 1. The SMILES string of the molecule is O=C1CCN(c2coc3ccc(CC(=O)Oc4ccccc4)cc23)C(=O)N1. The minimum atomic E-state index is -0.483. The zero-order valence-corrected chi connectivity index (χ0v) is 14.3. The van der Waals surface area contributed by atoms with Gasteiger partial charge in [0.1, 0.15) is 17.6 Å². The molecule has 3 aromatic rings. The number of benzene rings is 2. The van der Waals surface area contributed by atoms with Gasteiger partial charge in [-0.2, -0.15) is 0 Å². The summed E-state index contributed by atoms with van der Waals surface area (Å²) in [6, 6.07) is 13.7. The minimum Gasteiger partial charge on any atom is -0.462 e. The Morgan fingerprint density at radius 1 is 1.15 bits per heavy atom. The number of imide groups is 1. The Labute approximate surface area is 154 Å². The predicted octanol–water partition coefficient (Wildman–Crippen LogP) is 3.03. The fourth-order valence-electron chi connectivity index (χ4n) is 3.00. The van der Waals surface area contributed by atoms with Gasteiger partial charge in [0.05, 0.1) is 12.1 Å². The van der Waals surface area contributed by atoms with Crippen molar-refractivity contribution in [3.63, 3.8) is 0 Å². The van der Waals surface area contributed by atoms with Gasteiger partial charge >= 0.3 is 12.0 Å². The fourth-order valence-corrected chi connectivity index (χ4v) is 3.00. The third-order valence-electron chi connectivity index (χ3n) is 4.29. The first-order chi connectivity index (χ1) is 13.1. The topological polar surface area (TPSA) is 88.8 Å². The maximum atomic E-state index is 12.2. The van der Waals surface area contributed by atoms with Gasteiger partial charge in [-0.15, -0.1) is 0 Å². The molecule has 0 unspecified atom stereocenters. The molecule has 0 radical (unpaired) electrons. The number of nitrogens with one attached hydrogen (secondary N) is 1. The molecule has 1 N–H and O–H groups in total. The summed E-state index contributed by atoms with van der Waals surface area (Å²) in [5, 5.41) is 2.99. The monoisotopic (exact) mass is 364 g/mol. The van der Waals surface area contributed by atoms with Crippen molar-refractivity contribution in [1.29, 1.82) is 0 Å². The Bertz CT molecular complexity index is 1030. The lowest BCUT2D eigenvalue weighted by Gasteiger charge is -2.25. The van der Waals surface area contributed by atoms with Crippen molar-refractivity contribution < 1.29 is 23.5 Å². The Morgan fingerprint density at radius 2 is 1.96 bits per heavy atom. The van der Waals surface area contributed by atoms with E-state index in [2.05, 4.69) is 5.32 Å². The number of carbonyl (C=O) groups excluding carboxylic acids is 3. The molecule has 2 heterocycles. The largest absolute Gasteiger partial charge is 0.462 e. The highest BCUT2D eigenvalue weighted by atomic mass is 16.5. The van der Waals surface area contributed by atoms with Gasteiger partial charge in [0, 0.05) is 18.4 Å². The Kier molecular flexibility index (Phi) is 4.33. The lowest BCUT2D eigenvalue weighted by Crippen LogP contribution is -2.49. The van der Waals surface area contributed by atoms with E-state index >= 15 is 0 Å². The zero-order valence-electron chi connectivity index (χ0n) is 14.3. The number of para-hydroxylation sites is 1. The average Bonchev–Trinajstić information content (AvgIpc) is 3.05. The molecule has 1 aromatic heterocycles. The quantitative estimate of drug-likeness (QED) is 0.568. The van der Waals surface area contributed by atoms with Crippen molar-refractivity contribution >= 4 is 34.6 Å². The second kappa shape index (κ2) is 6.95. The zero-order chi connectivity index (χ0) is 18.8. The Morgan fingerprint density at radius 3 is 2.74 bits per heavy atom. The lowest BCUT2D eigenvalue weighted by molar-refractivity contribution is -0.133. The van der Waals surface area contributed by atoms with Crippen LogP contribution in [0.25, 0.3) is 11.0 Å². The van der Waals surface area contributed by atoms with E-state index in [0.717, 1.165) is 5.56 Å². The second-order valence-corrected chi connectivity index (χ2v) is 6.17. The summed E-state index contributed by atoms with van der Waals surface area (Å²) in [6.07, 6.45) is 1.79. The molecule has 27 heavy (non-hydrogen) atoms. The van der Waals surface area contributed by atoms with Crippen molar-refractivity contribution in [3.05, 3.63) is 60.4 Å². The number of nitrogens with zero attached hydrogens (tertiary/aromatic N) is 1. The molecule has 7 heteroatoms. The maximum absolute atomic E-state index is 12.2. The molecule has 3 amide bonds. The summed E-state index contributed by atoms with van der Waals surface area (Å²) in [5.41, 5.74) is 1.89. The number of carbonyl (C=O) groups is 3. The van der Waals surface area contributed by atoms with E-state index in [1.807, 2.05) is 6.07 Å². The number of esters is 1. The Hall–Kier alpha value is -3.61. The first-order valence-corrected chi connectivity index (χ1v) is 8.47. The van der Waals surface area contributed by atoms with Crippen LogP contribution in [0, 0.1) is 0 Å². The standard InChI is InChI=1S/C20H16N2O5/c23-18-8-9-22(20(25)21-18)16-12-26-17-7-6-13(10-15(16)17)11-19(24)27-14-4-2-1-3-5-14/h1-7,10,12H,8-9,11H2,(H,21,23,25). The second-order valence-electron chi connectivity index (χ2n) is 6.17. The van der Waals surface area contributed by atoms with E-state index in [0.29, 0.717) is 22.4 Å². The van der Waals surface area contributed by atoms with Crippen molar-refractivity contribution in [1.82, 2.24) is 5.32 Å². The number of furan rings is 1. The van der Waals surface area contributed by atoms with Crippen LogP contribution in [-0.2, 0) is 16.0 Å². The van der Waals surface area contributed by atoms with Gasteiger partial charge in [0.15, 0.2) is 0 Å². The smallest absolute Gasteiger partial charge is 0.328 e. The van der Waals surface area contributed by atoms with Crippen molar-refractivity contribution in [3.8, 4) is 5.75 Å². The normalized spacial score (nSPS) is 14.3. The molecule has 1 aliphatic heterocycles. The molecule has 0 bridgehead atoms. The van der Waals surface area contributed by atoms with Crippen LogP contribution in [0.2, 0.25) is 0 Å². The molecular formula is C20H16N2O5. The van der Waals surface area contributed by atoms with Crippen LogP contribution in [0.1, 0.15) is 12.0 Å². The fraction of sp³-hybridized carbons (Fsp3) is 0.150. The molecule has 0 spiro atoms. The molecule has 136 valence electrons. The van der Waals surface area contributed by atoms with E-state index in [1.165, 1.54) is 11.2 Å².